The van der Waals surface area contributed by atoms with Crippen LogP contribution in [0.5, 0.6) is 0 Å². The SMILES string of the molecule is O=C(OC1C2OC(=O)C3C2OC1C3C(=O)OCCC(F)C(F)(F)S(=O)(=O)[O-])C1CCCCC1. The molecule has 0 N–H and O–H groups in total. The summed E-state index contributed by atoms with van der Waals surface area (Å²) >= 11 is 0. The molecule has 4 rings (SSSR count). The lowest BCUT2D eigenvalue weighted by Crippen LogP contribution is -2.48. The molecule has 10 nitrogen and oxygen atoms in total. The van der Waals surface area contributed by atoms with Crippen LogP contribution < -0.4 is 0 Å². The lowest BCUT2D eigenvalue weighted by molar-refractivity contribution is -0.168. The number of carbonyl (C=O) groups excluding carboxylic acids is 3. The van der Waals surface area contributed by atoms with E-state index in [2.05, 4.69) is 0 Å². The van der Waals surface area contributed by atoms with Gasteiger partial charge in [0.2, 0.25) is 0 Å². The second-order valence-corrected chi connectivity index (χ2v) is 10.1. The summed E-state index contributed by atoms with van der Waals surface area (Å²) in [5, 5.41) is -5.18. The molecule has 14 heteroatoms. The van der Waals surface area contributed by atoms with Gasteiger partial charge in [0.05, 0.1) is 12.5 Å². The summed E-state index contributed by atoms with van der Waals surface area (Å²) in [5.41, 5.74) is 0. The van der Waals surface area contributed by atoms with Gasteiger partial charge in [0, 0.05) is 6.42 Å². The molecule has 0 aromatic carbocycles. The zero-order valence-electron chi connectivity index (χ0n) is 17.2. The first-order valence-corrected chi connectivity index (χ1v) is 12.0. The third-order valence-electron chi connectivity index (χ3n) is 6.68. The molecule has 2 bridgehead atoms. The number of rotatable bonds is 8. The highest BCUT2D eigenvalue weighted by molar-refractivity contribution is 7.86. The van der Waals surface area contributed by atoms with Gasteiger partial charge in [-0.2, -0.15) is 8.78 Å². The fraction of sp³-hybridized carbons (Fsp3) is 0.842. The van der Waals surface area contributed by atoms with Crippen molar-refractivity contribution >= 4 is 28.0 Å². The quantitative estimate of drug-likeness (QED) is 0.267. The van der Waals surface area contributed by atoms with Gasteiger partial charge in [-0.3, -0.25) is 14.4 Å². The number of hydrogen-bond acceptors (Lipinski definition) is 10. The average molecular weight is 499 g/mol. The molecule has 7 atom stereocenters. The van der Waals surface area contributed by atoms with E-state index in [9.17, 15) is 40.5 Å². The molecule has 4 aliphatic rings. The van der Waals surface area contributed by atoms with Crippen LogP contribution in [0.2, 0.25) is 0 Å². The normalized spacial score (nSPS) is 34.7. The van der Waals surface area contributed by atoms with E-state index in [1.165, 1.54) is 0 Å². The number of fused-ring (bicyclic) bond motifs is 1. The minimum absolute atomic E-state index is 0.309. The van der Waals surface area contributed by atoms with Crippen LogP contribution in [0.1, 0.15) is 38.5 Å². The summed E-state index contributed by atoms with van der Waals surface area (Å²) in [6.07, 6.45) is -4.41. The monoisotopic (exact) mass is 499 g/mol. The maximum absolute atomic E-state index is 13.6. The van der Waals surface area contributed by atoms with E-state index >= 15 is 0 Å². The molecular weight excluding hydrogens is 477 g/mol. The molecule has 4 fully saturated rings. The Labute approximate surface area is 186 Å². The molecule has 3 aliphatic heterocycles. The second kappa shape index (κ2) is 8.69. The van der Waals surface area contributed by atoms with Crippen molar-refractivity contribution < 1.29 is 59.5 Å². The van der Waals surface area contributed by atoms with Crippen LogP contribution in [0.4, 0.5) is 13.2 Å². The van der Waals surface area contributed by atoms with Crippen molar-refractivity contribution in [3.8, 4) is 0 Å². The van der Waals surface area contributed by atoms with E-state index in [1.54, 1.807) is 0 Å². The molecule has 0 amide bonds. The van der Waals surface area contributed by atoms with Gasteiger partial charge in [-0.15, -0.1) is 0 Å². The van der Waals surface area contributed by atoms with Crippen molar-refractivity contribution in [1.29, 1.82) is 0 Å². The second-order valence-electron chi connectivity index (χ2n) is 8.69. The molecule has 3 saturated heterocycles. The number of esters is 3. The van der Waals surface area contributed by atoms with Crippen LogP contribution in [-0.4, -0.2) is 73.3 Å². The number of ether oxygens (including phenoxy) is 4. The Morgan fingerprint density at radius 1 is 1.12 bits per heavy atom. The van der Waals surface area contributed by atoms with Gasteiger partial charge in [-0.25, -0.2) is 12.8 Å². The lowest BCUT2D eigenvalue weighted by Gasteiger charge is -2.29. The van der Waals surface area contributed by atoms with Crippen molar-refractivity contribution in [3.63, 3.8) is 0 Å². The van der Waals surface area contributed by atoms with Crippen molar-refractivity contribution in [2.75, 3.05) is 6.61 Å². The van der Waals surface area contributed by atoms with Crippen LogP contribution in [0.3, 0.4) is 0 Å². The van der Waals surface area contributed by atoms with E-state index in [-0.39, 0.29) is 5.92 Å². The fourth-order valence-electron chi connectivity index (χ4n) is 4.99. The third-order valence-corrected chi connectivity index (χ3v) is 7.60. The van der Waals surface area contributed by atoms with E-state index in [1.807, 2.05) is 0 Å². The molecule has 7 unspecified atom stereocenters. The molecule has 0 aromatic rings. The van der Waals surface area contributed by atoms with E-state index in [0.717, 1.165) is 19.3 Å². The zero-order valence-corrected chi connectivity index (χ0v) is 18.0. The Balaban J connectivity index is 1.39. The summed E-state index contributed by atoms with van der Waals surface area (Å²) in [7, 11) is -6.25. The largest absolute Gasteiger partial charge is 0.743 e. The average Bonchev–Trinajstić information content (AvgIpc) is 3.37. The number of alkyl halides is 3. The molecule has 186 valence electrons. The highest BCUT2D eigenvalue weighted by Gasteiger charge is 2.72. The molecule has 3 heterocycles. The smallest absolute Gasteiger partial charge is 0.364 e. The topological polar surface area (TPSA) is 145 Å². The predicted octanol–water partition coefficient (Wildman–Crippen LogP) is 0.827. The van der Waals surface area contributed by atoms with Gasteiger partial charge in [-0.05, 0) is 12.8 Å². The minimum Gasteiger partial charge on any atom is -0.743 e. The number of hydrogen-bond donors (Lipinski definition) is 0. The highest BCUT2D eigenvalue weighted by Crippen LogP contribution is 2.51. The molecule has 0 radical (unpaired) electrons. The first kappa shape index (κ1) is 24.2. The summed E-state index contributed by atoms with van der Waals surface area (Å²) in [4.78, 5) is 37.4. The molecule has 1 aliphatic carbocycles. The van der Waals surface area contributed by atoms with Crippen molar-refractivity contribution in [1.82, 2.24) is 0 Å². The number of halogens is 3. The van der Waals surface area contributed by atoms with Gasteiger partial charge >= 0.3 is 23.2 Å². The van der Waals surface area contributed by atoms with Crippen LogP contribution >= 0.6 is 0 Å². The first-order valence-electron chi connectivity index (χ1n) is 10.6. The Bertz CT molecular complexity index is 919. The molecule has 33 heavy (non-hydrogen) atoms. The van der Waals surface area contributed by atoms with Crippen molar-refractivity contribution in [2.45, 2.75) is 74.4 Å². The Morgan fingerprint density at radius 2 is 1.79 bits per heavy atom. The van der Waals surface area contributed by atoms with E-state index in [4.69, 9.17) is 18.9 Å². The summed E-state index contributed by atoms with van der Waals surface area (Å²) in [5.74, 6) is -4.98. The van der Waals surface area contributed by atoms with E-state index < -0.39 is 88.7 Å². The van der Waals surface area contributed by atoms with Gasteiger partial charge in [-0.1, -0.05) is 19.3 Å². The minimum atomic E-state index is -6.25. The van der Waals surface area contributed by atoms with Gasteiger partial charge in [0.15, 0.2) is 28.5 Å². The van der Waals surface area contributed by atoms with Crippen LogP contribution in [0.25, 0.3) is 0 Å². The molecule has 1 saturated carbocycles. The summed E-state index contributed by atoms with van der Waals surface area (Å²) < 4.78 is 92.7. The Kier molecular flexibility index (Phi) is 6.37. The highest BCUT2D eigenvalue weighted by atomic mass is 32.2. The van der Waals surface area contributed by atoms with Crippen molar-refractivity contribution in [2.24, 2.45) is 17.8 Å². The Hall–Kier alpha value is -1.93. The van der Waals surface area contributed by atoms with Crippen LogP contribution in [0, 0.1) is 17.8 Å². The molecule has 0 spiro atoms. The maximum Gasteiger partial charge on any atom is 0.364 e. The maximum atomic E-state index is 13.6. The molecule has 0 aromatic heterocycles. The van der Waals surface area contributed by atoms with Crippen LogP contribution in [0.15, 0.2) is 0 Å². The van der Waals surface area contributed by atoms with Gasteiger partial charge in [0.25, 0.3) is 0 Å². The van der Waals surface area contributed by atoms with Crippen molar-refractivity contribution in [3.05, 3.63) is 0 Å². The first-order chi connectivity index (χ1) is 15.4. The van der Waals surface area contributed by atoms with E-state index in [0.29, 0.717) is 12.8 Å². The predicted molar refractivity (Wildman–Crippen MR) is 97.1 cm³/mol. The standard InChI is InChI=1S/C19H23F3O10S/c20-9(19(21,22)33(26,27)28)6-7-29-17(24)10-11-13-15(32-18(11)25)14(12(10)30-13)31-16(23)8-4-2-1-3-5-8/h8-15H,1-7H2,(H,26,27,28)/p-1. The summed E-state index contributed by atoms with van der Waals surface area (Å²) in [6.45, 7) is -0.975. The lowest BCUT2D eigenvalue weighted by atomic mass is 9.78. The van der Waals surface area contributed by atoms with Gasteiger partial charge < -0.3 is 23.5 Å². The Morgan fingerprint density at radius 3 is 2.42 bits per heavy atom. The zero-order chi connectivity index (χ0) is 24.1. The molecular formula is C19H22F3O10S-. The van der Waals surface area contributed by atoms with Crippen LogP contribution in [-0.2, 0) is 43.4 Å². The van der Waals surface area contributed by atoms with Gasteiger partial charge in [0.1, 0.15) is 24.0 Å². The fourth-order valence-corrected chi connectivity index (χ4v) is 5.42. The number of carbonyl (C=O) groups is 3. The third kappa shape index (κ3) is 4.20. The summed E-state index contributed by atoms with van der Waals surface area (Å²) in [6, 6.07) is 0.